The number of carbonyl (C=O) groups is 1. The van der Waals surface area contributed by atoms with Crippen molar-refractivity contribution < 1.29 is 9.90 Å². The second-order valence-electron chi connectivity index (χ2n) is 4.21. The fourth-order valence-electron chi connectivity index (χ4n) is 1.83. The van der Waals surface area contributed by atoms with Gasteiger partial charge in [0.05, 0.1) is 0 Å². The summed E-state index contributed by atoms with van der Waals surface area (Å²) in [4.78, 5) is 18.1. The van der Waals surface area contributed by atoms with E-state index in [2.05, 4.69) is 22.0 Å². The highest BCUT2D eigenvalue weighted by Gasteiger charge is 2.17. The van der Waals surface area contributed by atoms with Crippen LogP contribution in [0.15, 0.2) is 30.3 Å². The topological polar surface area (TPSA) is 53.4 Å². The van der Waals surface area contributed by atoms with Crippen molar-refractivity contribution in [3.05, 3.63) is 46.5 Å². The van der Waals surface area contributed by atoms with Crippen molar-refractivity contribution in [2.75, 3.05) is 11.4 Å². The number of aromatic nitrogens is 1. The van der Waals surface area contributed by atoms with Gasteiger partial charge < -0.3 is 10.0 Å². The molecule has 0 saturated carbocycles. The minimum Gasteiger partial charge on any atom is -0.476 e. The molecular weight excluding hydrogens is 260 g/mol. The fraction of sp³-hybridized carbons (Fsp3) is 0.286. The molecule has 1 N–H and O–H groups in total. The zero-order chi connectivity index (χ0) is 13.8. The molecule has 0 aliphatic rings. The van der Waals surface area contributed by atoms with E-state index in [9.17, 15) is 4.79 Å². The number of benzene rings is 1. The van der Waals surface area contributed by atoms with E-state index >= 15 is 0 Å². The Labute approximate surface area is 116 Å². The molecule has 0 saturated heterocycles. The lowest BCUT2D eigenvalue weighted by atomic mass is 10.2. The minimum absolute atomic E-state index is 0.159. The first-order valence-electron chi connectivity index (χ1n) is 6.11. The summed E-state index contributed by atoms with van der Waals surface area (Å²) < 4.78 is 0. The van der Waals surface area contributed by atoms with Crippen LogP contribution in [0.3, 0.4) is 0 Å². The molecule has 5 heteroatoms. The molecule has 19 heavy (non-hydrogen) atoms. The predicted molar refractivity (Wildman–Crippen MR) is 77.0 cm³/mol. The number of nitrogens with zero attached hydrogens (tertiary/aromatic N) is 2. The van der Waals surface area contributed by atoms with Crippen molar-refractivity contribution in [2.24, 2.45) is 0 Å². The SMILES string of the molecule is CCN(Cc1ccccc1)c1nc(C(=O)O)c(C)s1. The summed E-state index contributed by atoms with van der Waals surface area (Å²) in [6, 6.07) is 10.1. The molecule has 1 aromatic heterocycles. The quantitative estimate of drug-likeness (QED) is 0.911. The van der Waals surface area contributed by atoms with Gasteiger partial charge in [0.2, 0.25) is 0 Å². The zero-order valence-corrected chi connectivity index (χ0v) is 11.8. The van der Waals surface area contributed by atoms with Crippen LogP contribution in [-0.2, 0) is 6.54 Å². The fourth-order valence-corrected chi connectivity index (χ4v) is 2.80. The van der Waals surface area contributed by atoms with Crippen LogP contribution in [0.2, 0.25) is 0 Å². The molecule has 1 aromatic carbocycles. The monoisotopic (exact) mass is 276 g/mol. The number of carboxylic acids is 1. The van der Waals surface area contributed by atoms with Gasteiger partial charge in [0.1, 0.15) is 0 Å². The van der Waals surface area contributed by atoms with Gasteiger partial charge in [-0.15, -0.1) is 11.3 Å². The first-order valence-corrected chi connectivity index (χ1v) is 6.93. The smallest absolute Gasteiger partial charge is 0.355 e. The van der Waals surface area contributed by atoms with E-state index in [1.54, 1.807) is 6.92 Å². The first-order chi connectivity index (χ1) is 9.11. The molecule has 100 valence electrons. The summed E-state index contributed by atoms with van der Waals surface area (Å²) in [5, 5.41) is 9.81. The summed E-state index contributed by atoms with van der Waals surface area (Å²) >= 11 is 1.43. The van der Waals surface area contributed by atoms with Gasteiger partial charge in [-0.25, -0.2) is 9.78 Å². The molecule has 1 heterocycles. The summed E-state index contributed by atoms with van der Waals surface area (Å²) in [7, 11) is 0. The Hall–Kier alpha value is -1.88. The number of hydrogen-bond acceptors (Lipinski definition) is 4. The van der Waals surface area contributed by atoms with Crippen molar-refractivity contribution in [3.8, 4) is 0 Å². The van der Waals surface area contributed by atoms with Gasteiger partial charge in [0.15, 0.2) is 10.8 Å². The average Bonchev–Trinajstić information content (AvgIpc) is 2.79. The van der Waals surface area contributed by atoms with Crippen LogP contribution in [0.4, 0.5) is 5.13 Å². The molecule has 0 aliphatic carbocycles. The number of thiazole rings is 1. The first kappa shape index (κ1) is 13.5. The second kappa shape index (κ2) is 5.84. The second-order valence-corrected chi connectivity index (χ2v) is 5.39. The number of aromatic carboxylic acids is 1. The van der Waals surface area contributed by atoms with E-state index < -0.39 is 5.97 Å². The molecule has 0 aliphatic heterocycles. The number of hydrogen-bond donors (Lipinski definition) is 1. The molecular formula is C14H16N2O2S. The maximum Gasteiger partial charge on any atom is 0.355 e. The number of aryl methyl sites for hydroxylation is 1. The zero-order valence-electron chi connectivity index (χ0n) is 11.0. The van der Waals surface area contributed by atoms with Crippen molar-refractivity contribution in [1.82, 2.24) is 4.98 Å². The van der Waals surface area contributed by atoms with E-state index in [1.807, 2.05) is 25.1 Å². The van der Waals surface area contributed by atoms with Crippen LogP contribution >= 0.6 is 11.3 Å². The standard InChI is InChI=1S/C14H16N2O2S/c1-3-16(9-11-7-5-4-6-8-11)14-15-12(13(17)18)10(2)19-14/h4-8H,3,9H2,1-2H3,(H,17,18). The molecule has 0 bridgehead atoms. The predicted octanol–water partition coefficient (Wildman–Crippen LogP) is 3.18. The largest absolute Gasteiger partial charge is 0.476 e. The Morgan fingerprint density at radius 2 is 2.05 bits per heavy atom. The highest BCUT2D eigenvalue weighted by atomic mass is 32.1. The number of rotatable bonds is 5. The maximum atomic E-state index is 11.0. The van der Waals surface area contributed by atoms with Crippen LogP contribution < -0.4 is 4.90 Å². The molecule has 4 nitrogen and oxygen atoms in total. The van der Waals surface area contributed by atoms with Crippen molar-refractivity contribution in [1.29, 1.82) is 0 Å². The van der Waals surface area contributed by atoms with Gasteiger partial charge >= 0.3 is 5.97 Å². The highest BCUT2D eigenvalue weighted by molar-refractivity contribution is 7.15. The Morgan fingerprint density at radius 1 is 1.37 bits per heavy atom. The number of carboxylic acid groups (broad SMARTS) is 1. The Bertz CT molecular complexity index is 566. The van der Waals surface area contributed by atoms with Crippen molar-refractivity contribution in [2.45, 2.75) is 20.4 Å². The molecule has 0 amide bonds. The molecule has 0 unspecified atom stereocenters. The third-order valence-corrected chi connectivity index (χ3v) is 3.89. The third-order valence-electron chi connectivity index (χ3n) is 2.86. The lowest BCUT2D eigenvalue weighted by molar-refractivity contribution is 0.0690. The van der Waals surface area contributed by atoms with Crippen LogP contribution in [0.25, 0.3) is 0 Å². The van der Waals surface area contributed by atoms with Crippen molar-refractivity contribution in [3.63, 3.8) is 0 Å². The van der Waals surface area contributed by atoms with Gasteiger partial charge in [-0.1, -0.05) is 30.3 Å². The van der Waals surface area contributed by atoms with Gasteiger partial charge in [0.25, 0.3) is 0 Å². The molecule has 0 radical (unpaired) electrons. The summed E-state index contributed by atoms with van der Waals surface area (Å²) in [5.74, 6) is -0.962. The molecule has 0 fully saturated rings. The molecule has 0 atom stereocenters. The summed E-state index contributed by atoms with van der Waals surface area (Å²) in [6.45, 7) is 5.37. The lowest BCUT2D eigenvalue weighted by Crippen LogP contribution is -2.21. The Morgan fingerprint density at radius 3 is 2.58 bits per heavy atom. The summed E-state index contributed by atoms with van der Waals surface area (Å²) in [6.07, 6.45) is 0. The van der Waals surface area contributed by atoms with Gasteiger partial charge in [0, 0.05) is 18.0 Å². The van der Waals surface area contributed by atoms with Crippen LogP contribution in [-0.4, -0.2) is 22.6 Å². The van der Waals surface area contributed by atoms with E-state index in [4.69, 9.17) is 5.11 Å². The lowest BCUT2D eigenvalue weighted by Gasteiger charge is -2.19. The Balaban J connectivity index is 2.22. The summed E-state index contributed by atoms with van der Waals surface area (Å²) in [5.41, 5.74) is 1.35. The van der Waals surface area contributed by atoms with E-state index in [1.165, 1.54) is 16.9 Å². The number of anilines is 1. The van der Waals surface area contributed by atoms with Gasteiger partial charge in [-0.05, 0) is 19.4 Å². The average molecular weight is 276 g/mol. The van der Waals surface area contributed by atoms with Crippen LogP contribution in [0, 0.1) is 6.92 Å². The normalized spacial score (nSPS) is 10.4. The highest BCUT2D eigenvalue weighted by Crippen LogP contribution is 2.26. The Kier molecular flexibility index (Phi) is 4.16. The van der Waals surface area contributed by atoms with Crippen LogP contribution in [0.1, 0.15) is 27.9 Å². The molecule has 2 aromatic rings. The van der Waals surface area contributed by atoms with Gasteiger partial charge in [-0.3, -0.25) is 0 Å². The molecule has 0 spiro atoms. The molecule has 2 rings (SSSR count). The minimum atomic E-state index is -0.962. The van der Waals surface area contributed by atoms with Crippen LogP contribution in [0.5, 0.6) is 0 Å². The third kappa shape index (κ3) is 3.12. The maximum absolute atomic E-state index is 11.0. The van der Waals surface area contributed by atoms with E-state index in [-0.39, 0.29) is 5.69 Å². The van der Waals surface area contributed by atoms with Gasteiger partial charge in [-0.2, -0.15) is 0 Å². The van der Waals surface area contributed by atoms with E-state index in [0.29, 0.717) is 0 Å². The van der Waals surface area contributed by atoms with E-state index in [0.717, 1.165) is 23.1 Å². The van der Waals surface area contributed by atoms with Crippen molar-refractivity contribution >= 4 is 22.4 Å².